The number of benzene rings is 3. The van der Waals surface area contributed by atoms with Gasteiger partial charge in [-0.3, -0.25) is 0 Å². The van der Waals surface area contributed by atoms with E-state index in [1.54, 1.807) is 26.4 Å². The van der Waals surface area contributed by atoms with Gasteiger partial charge in [0.2, 0.25) is 0 Å². The van der Waals surface area contributed by atoms with Crippen LogP contribution in [0.3, 0.4) is 0 Å². The van der Waals surface area contributed by atoms with Crippen molar-refractivity contribution in [3.63, 3.8) is 0 Å². The Balaban J connectivity index is 1.99. The van der Waals surface area contributed by atoms with Gasteiger partial charge in [0.15, 0.2) is 11.5 Å². The molecule has 1 N–H and O–H groups in total. The number of fused-ring (bicyclic) bond motifs is 1. The second-order valence-corrected chi connectivity index (χ2v) is 5.12. The molecule has 0 aliphatic rings. The van der Waals surface area contributed by atoms with E-state index in [2.05, 4.69) is 6.07 Å². The van der Waals surface area contributed by atoms with Gasteiger partial charge in [-0.25, -0.2) is 0 Å². The van der Waals surface area contributed by atoms with Gasteiger partial charge in [-0.1, -0.05) is 42.5 Å². The number of ether oxygens (including phenoxy) is 2. The molecule has 0 aliphatic carbocycles. The summed E-state index contributed by atoms with van der Waals surface area (Å²) in [6.45, 7) is 0. The summed E-state index contributed by atoms with van der Waals surface area (Å²) in [5, 5.41) is 12.9. The molecular formula is C19H18O3. The fourth-order valence-corrected chi connectivity index (χ4v) is 2.59. The minimum atomic E-state index is -0.704. The lowest BCUT2D eigenvalue weighted by atomic mass is 9.98. The third-order valence-corrected chi connectivity index (χ3v) is 3.81. The monoisotopic (exact) mass is 294 g/mol. The molecule has 1 atom stereocenters. The van der Waals surface area contributed by atoms with E-state index in [9.17, 15) is 5.11 Å². The summed E-state index contributed by atoms with van der Waals surface area (Å²) in [6, 6.07) is 19.5. The first-order valence-electron chi connectivity index (χ1n) is 7.11. The highest BCUT2D eigenvalue weighted by Crippen LogP contribution is 2.32. The highest BCUT2D eigenvalue weighted by Gasteiger charge is 2.14. The van der Waals surface area contributed by atoms with E-state index < -0.39 is 6.10 Å². The van der Waals surface area contributed by atoms with Crippen molar-refractivity contribution in [2.45, 2.75) is 6.10 Å². The topological polar surface area (TPSA) is 38.7 Å². The molecule has 0 fully saturated rings. The second-order valence-electron chi connectivity index (χ2n) is 5.12. The number of aliphatic hydroxyl groups excluding tert-OH is 1. The van der Waals surface area contributed by atoms with Gasteiger partial charge < -0.3 is 14.6 Å². The van der Waals surface area contributed by atoms with Gasteiger partial charge in [0.05, 0.1) is 14.2 Å². The molecule has 0 aromatic heterocycles. The third kappa shape index (κ3) is 2.63. The quantitative estimate of drug-likeness (QED) is 0.792. The second kappa shape index (κ2) is 6.08. The number of aliphatic hydroxyl groups is 1. The molecule has 3 rings (SSSR count). The Morgan fingerprint density at radius 1 is 0.727 bits per heavy atom. The molecule has 1 unspecified atom stereocenters. The molecule has 0 saturated carbocycles. The number of hydrogen-bond donors (Lipinski definition) is 1. The van der Waals surface area contributed by atoms with Crippen LogP contribution in [0.5, 0.6) is 11.5 Å². The largest absolute Gasteiger partial charge is 0.493 e. The van der Waals surface area contributed by atoms with Crippen molar-refractivity contribution in [3.05, 3.63) is 71.8 Å². The zero-order valence-corrected chi connectivity index (χ0v) is 12.6. The molecule has 0 amide bonds. The Bertz CT molecular complexity index is 796. The molecule has 0 saturated heterocycles. The van der Waals surface area contributed by atoms with Gasteiger partial charge in [0, 0.05) is 0 Å². The summed E-state index contributed by atoms with van der Waals surface area (Å²) >= 11 is 0. The van der Waals surface area contributed by atoms with E-state index in [4.69, 9.17) is 9.47 Å². The van der Waals surface area contributed by atoms with Crippen molar-refractivity contribution in [1.29, 1.82) is 0 Å². The van der Waals surface area contributed by atoms with E-state index >= 15 is 0 Å². The van der Waals surface area contributed by atoms with Crippen molar-refractivity contribution in [1.82, 2.24) is 0 Å². The normalized spacial score (nSPS) is 12.1. The SMILES string of the molecule is COc1ccc(C(O)c2ccc3ccccc3c2)cc1OC. The van der Waals surface area contributed by atoms with Crippen LogP contribution in [0.4, 0.5) is 0 Å². The first kappa shape index (κ1) is 14.4. The molecule has 0 radical (unpaired) electrons. The van der Waals surface area contributed by atoms with Gasteiger partial charge in [-0.2, -0.15) is 0 Å². The fourth-order valence-electron chi connectivity index (χ4n) is 2.59. The van der Waals surface area contributed by atoms with Crippen LogP contribution >= 0.6 is 0 Å². The van der Waals surface area contributed by atoms with E-state index in [0.29, 0.717) is 11.5 Å². The standard InChI is InChI=1S/C19H18O3/c1-21-17-10-9-16(12-18(17)22-2)19(20)15-8-7-13-5-3-4-6-14(13)11-15/h3-12,19-20H,1-2H3. The summed E-state index contributed by atoms with van der Waals surface area (Å²) in [5.74, 6) is 1.26. The van der Waals surface area contributed by atoms with Gasteiger partial charge in [-0.05, 0) is 40.1 Å². The first-order chi connectivity index (χ1) is 10.7. The van der Waals surface area contributed by atoms with E-state index in [1.807, 2.05) is 42.5 Å². The smallest absolute Gasteiger partial charge is 0.161 e. The molecule has 0 spiro atoms. The summed E-state index contributed by atoms with van der Waals surface area (Å²) in [6.07, 6.45) is -0.704. The van der Waals surface area contributed by atoms with Crippen LogP contribution < -0.4 is 9.47 Å². The highest BCUT2D eigenvalue weighted by molar-refractivity contribution is 5.83. The Morgan fingerprint density at radius 3 is 2.09 bits per heavy atom. The average Bonchev–Trinajstić information content (AvgIpc) is 2.60. The van der Waals surface area contributed by atoms with Crippen LogP contribution in [0.25, 0.3) is 10.8 Å². The van der Waals surface area contributed by atoms with E-state index in [-0.39, 0.29) is 0 Å². The number of rotatable bonds is 4. The lowest BCUT2D eigenvalue weighted by Crippen LogP contribution is -2.01. The maximum Gasteiger partial charge on any atom is 0.161 e. The summed E-state index contributed by atoms with van der Waals surface area (Å²) in [7, 11) is 3.18. The Morgan fingerprint density at radius 2 is 1.36 bits per heavy atom. The first-order valence-corrected chi connectivity index (χ1v) is 7.11. The van der Waals surface area contributed by atoms with Crippen molar-refractivity contribution >= 4 is 10.8 Å². The van der Waals surface area contributed by atoms with Crippen molar-refractivity contribution in [2.75, 3.05) is 14.2 Å². The summed E-state index contributed by atoms with van der Waals surface area (Å²) < 4.78 is 10.5. The van der Waals surface area contributed by atoms with Crippen molar-refractivity contribution < 1.29 is 14.6 Å². The zero-order chi connectivity index (χ0) is 15.5. The maximum atomic E-state index is 10.6. The molecule has 3 heteroatoms. The Kier molecular flexibility index (Phi) is 3.98. The molecule has 0 aliphatic heterocycles. The molecule has 3 aromatic rings. The Hall–Kier alpha value is -2.52. The maximum absolute atomic E-state index is 10.6. The van der Waals surface area contributed by atoms with Crippen molar-refractivity contribution in [3.8, 4) is 11.5 Å². The lowest BCUT2D eigenvalue weighted by Gasteiger charge is -2.15. The summed E-state index contributed by atoms with van der Waals surface area (Å²) in [4.78, 5) is 0. The van der Waals surface area contributed by atoms with E-state index in [0.717, 1.165) is 21.9 Å². The molecule has 0 bridgehead atoms. The van der Waals surface area contributed by atoms with Gasteiger partial charge >= 0.3 is 0 Å². The number of methoxy groups -OCH3 is 2. The molecule has 3 nitrogen and oxygen atoms in total. The molecule has 112 valence electrons. The van der Waals surface area contributed by atoms with Gasteiger partial charge in [0.25, 0.3) is 0 Å². The van der Waals surface area contributed by atoms with Crippen LogP contribution in [0.1, 0.15) is 17.2 Å². The van der Waals surface area contributed by atoms with Crippen LogP contribution in [-0.4, -0.2) is 19.3 Å². The minimum absolute atomic E-state index is 0.611. The third-order valence-electron chi connectivity index (χ3n) is 3.81. The minimum Gasteiger partial charge on any atom is -0.493 e. The van der Waals surface area contributed by atoms with Crippen LogP contribution in [0, 0.1) is 0 Å². The van der Waals surface area contributed by atoms with Crippen LogP contribution in [0.15, 0.2) is 60.7 Å². The zero-order valence-electron chi connectivity index (χ0n) is 12.6. The predicted molar refractivity (Wildman–Crippen MR) is 87.6 cm³/mol. The van der Waals surface area contributed by atoms with Gasteiger partial charge in [0.1, 0.15) is 6.10 Å². The average molecular weight is 294 g/mol. The van der Waals surface area contributed by atoms with E-state index in [1.165, 1.54) is 0 Å². The predicted octanol–water partition coefficient (Wildman–Crippen LogP) is 3.94. The van der Waals surface area contributed by atoms with Crippen molar-refractivity contribution in [2.24, 2.45) is 0 Å². The molecule has 0 heterocycles. The lowest BCUT2D eigenvalue weighted by molar-refractivity contribution is 0.219. The number of hydrogen-bond acceptors (Lipinski definition) is 3. The van der Waals surface area contributed by atoms with Crippen LogP contribution in [0.2, 0.25) is 0 Å². The molecule has 3 aromatic carbocycles. The molecule has 22 heavy (non-hydrogen) atoms. The van der Waals surface area contributed by atoms with Gasteiger partial charge in [-0.15, -0.1) is 0 Å². The van der Waals surface area contributed by atoms with Crippen LogP contribution in [-0.2, 0) is 0 Å². The summed E-state index contributed by atoms with van der Waals surface area (Å²) in [5.41, 5.74) is 1.62. The fraction of sp³-hybridized carbons (Fsp3) is 0.158. The highest BCUT2D eigenvalue weighted by atomic mass is 16.5. The Labute approximate surface area is 129 Å². The molecular weight excluding hydrogens is 276 g/mol.